The van der Waals surface area contributed by atoms with Gasteiger partial charge in [0.05, 0.1) is 18.4 Å². The van der Waals surface area contributed by atoms with Crippen LogP contribution in [-0.2, 0) is 0 Å². The Bertz CT molecular complexity index is 1110. The van der Waals surface area contributed by atoms with Crippen LogP contribution in [0.5, 0.6) is 5.88 Å². The van der Waals surface area contributed by atoms with Gasteiger partial charge < -0.3 is 9.64 Å². The summed E-state index contributed by atoms with van der Waals surface area (Å²) in [6.07, 6.45) is 8.46. The minimum Gasteiger partial charge on any atom is -0.477 e. The topological polar surface area (TPSA) is 68.2 Å². The average Bonchev–Trinajstić information content (AvgIpc) is 3.13. The SMILES string of the molecule is Cc1ccc(-c2ncccn2)c(C(=O)N2C3CCC2[C@H](COc2ccc(F)cn2)CC3)c1. The van der Waals surface area contributed by atoms with Gasteiger partial charge in [-0.15, -0.1) is 0 Å². The fraction of sp³-hybridized carbons (Fsp3) is 0.360. The maximum absolute atomic E-state index is 13.8. The maximum atomic E-state index is 13.8. The van der Waals surface area contributed by atoms with Crippen molar-refractivity contribution in [3.8, 4) is 17.3 Å². The van der Waals surface area contributed by atoms with Crippen molar-refractivity contribution in [3.05, 3.63) is 71.9 Å². The molecule has 5 rings (SSSR count). The molecule has 3 atom stereocenters. The third-order valence-electron chi connectivity index (χ3n) is 6.55. The molecule has 0 N–H and O–H groups in total. The van der Waals surface area contributed by atoms with E-state index in [0.717, 1.165) is 43.0 Å². The van der Waals surface area contributed by atoms with Crippen molar-refractivity contribution in [3.63, 3.8) is 0 Å². The molecule has 6 nitrogen and oxygen atoms in total. The zero-order chi connectivity index (χ0) is 22.1. The van der Waals surface area contributed by atoms with Crippen LogP contribution in [0, 0.1) is 18.7 Å². The number of rotatable bonds is 5. The standard InChI is InChI=1S/C25H25FN4O2/c1-16-3-8-20(24-27-11-2-12-28-24)21(13-16)25(31)30-19-6-4-17(22(30)9-7-19)15-32-23-10-5-18(26)14-29-23/h2-3,5,8,10-14,17,19,22H,4,6-7,9,15H2,1H3/t17-,19?,22?/m0/s1. The largest absolute Gasteiger partial charge is 0.477 e. The molecule has 0 spiro atoms. The molecule has 2 bridgehead atoms. The van der Waals surface area contributed by atoms with E-state index in [2.05, 4.69) is 19.9 Å². The molecule has 32 heavy (non-hydrogen) atoms. The number of carbonyl (C=O) groups is 1. The normalized spacial score (nSPS) is 22.1. The van der Waals surface area contributed by atoms with Gasteiger partial charge in [0.1, 0.15) is 5.82 Å². The highest BCUT2D eigenvalue weighted by Crippen LogP contribution is 2.41. The Balaban J connectivity index is 1.39. The van der Waals surface area contributed by atoms with Crippen molar-refractivity contribution in [2.45, 2.75) is 44.7 Å². The number of carbonyl (C=O) groups excluding carboxylic acids is 1. The molecule has 0 radical (unpaired) electrons. The third kappa shape index (κ3) is 3.95. The summed E-state index contributed by atoms with van der Waals surface area (Å²) < 4.78 is 19.0. The molecule has 164 valence electrons. The minimum absolute atomic E-state index is 0.0354. The number of benzene rings is 1. The second kappa shape index (κ2) is 8.65. The van der Waals surface area contributed by atoms with E-state index >= 15 is 0 Å². The van der Waals surface area contributed by atoms with Crippen molar-refractivity contribution in [2.24, 2.45) is 5.92 Å². The molecular weight excluding hydrogens is 407 g/mol. The second-order valence-electron chi connectivity index (χ2n) is 8.60. The number of amides is 1. The number of aromatic nitrogens is 3. The highest BCUT2D eigenvalue weighted by atomic mass is 19.1. The van der Waals surface area contributed by atoms with Crippen LogP contribution in [0.4, 0.5) is 4.39 Å². The lowest BCUT2D eigenvalue weighted by molar-refractivity contribution is 0.0403. The molecule has 1 aromatic carbocycles. The average molecular weight is 432 g/mol. The Morgan fingerprint density at radius 3 is 2.69 bits per heavy atom. The number of fused-ring (bicyclic) bond motifs is 2. The Labute approximate surface area is 186 Å². The molecule has 0 saturated carbocycles. The Kier molecular flexibility index (Phi) is 5.55. The van der Waals surface area contributed by atoms with E-state index in [1.807, 2.05) is 25.1 Å². The van der Waals surface area contributed by atoms with Crippen LogP contribution >= 0.6 is 0 Å². The number of hydrogen-bond donors (Lipinski definition) is 0. The van der Waals surface area contributed by atoms with E-state index in [-0.39, 0.29) is 29.7 Å². The molecule has 2 aliphatic heterocycles. The number of pyridine rings is 1. The summed E-state index contributed by atoms with van der Waals surface area (Å²) in [6, 6.07) is 10.9. The van der Waals surface area contributed by atoms with E-state index in [9.17, 15) is 9.18 Å². The van der Waals surface area contributed by atoms with Gasteiger partial charge in [0.2, 0.25) is 5.88 Å². The highest BCUT2D eigenvalue weighted by molar-refractivity contribution is 6.01. The molecule has 3 aromatic rings. The van der Waals surface area contributed by atoms with Crippen molar-refractivity contribution >= 4 is 5.91 Å². The van der Waals surface area contributed by atoms with Crippen molar-refractivity contribution in [1.29, 1.82) is 0 Å². The molecule has 2 aliphatic rings. The smallest absolute Gasteiger partial charge is 0.255 e. The maximum Gasteiger partial charge on any atom is 0.255 e. The summed E-state index contributed by atoms with van der Waals surface area (Å²) in [4.78, 5) is 28.6. The predicted molar refractivity (Wildman–Crippen MR) is 118 cm³/mol. The number of piperidine rings is 1. The number of ether oxygens (including phenoxy) is 1. The summed E-state index contributed by atoms with van der Waals surface area (Å²) in [7, 11) is 0. The van der Waals surface area contributed by atoms with Crippen molar-refractivity contribution in [2.75, 3.05) is 6.61 Å². The first-order valence-corrected chi connectivity index (χ1v) is 11.0. The third-order valence-corrected chi connectivity index (χ3v) is 6.55. The minimum atomic E-state index is -0.387. The first kappa shape index (κ1) is 20.5. The van der Waals surface area contributed by atoms with Gasteiger partial charge in [0, 0.05) is 42.0 Å². The molecule has 0 aliphatic carbocycles. The molecular formula is C25H25FN4O2. The summed E-state index contributed by atoms with van der Waals surface area (Å²) >= 11 is 0. The van der Waals surface area contributed by atoms with Crippen LogP contribution in [0.2, 0.25) is 0 Å². The molecule has 7 heteroatoms. The van der Waals surface area contributed by atoms with Crippen LogP contribution in [0.15, 0.2) is 55.0 Å². The summed E-state index contributed by atoms with van der Waals surface area (Å²) in [5, 5.41) is 0. The van der Waals surface area contributed by atoms with Crippen LogP contribution < -0.4 is 4.74 Å². The fourth-order valence-corrected chi connectivity index (χ4v) is 5.02. The Hall–Kier alpha value is -3.35. The van der Waals surface area contributed by atoms with E-state index in [4.69, 9.17) is 4.74 Å². The molecule has 2 saturated heterocycles. The molecule has 2 fully saturated rings. The second-order valence-corrected chi connectivity index (χ2v) is 8.60. The molecule has 2 aromatic heterocycles. The number of halogens is 1. The lowest BCUT2D eigenvalue weighted by Gasteiger charge is -2.40. The lowest BCUT2D eigenvalue weighted by Crippen LogP contribution is -2.49. The van der Waals surface area contributed by atoms with Crippen LogP contribution in [-0.4, -0.2) is 44.4 Å². The zero-order valence-corrected chi connectivity index (χ0v) is 17.9. The number of hydrogen-bond acceptors (Lipinski definition) is 5. The van der Waals surface area contributed by atoms with Gasteiger partial charge in [0.15, 0.2) is 5.82 Å². The number of aryl methyl sites for hydroxylation is 1. The van der Waals surface area contributed by atoms with E-state index in [0.29, 0.717) is 23.9 Å². The van der Waals surface area contributed by atoms with Gasteiger partial charge >= 0.3 is 0 Å². The Morgan fingerprint density at radius 1 is 1.09 bits per heavy atom. The molecule has 2 unspecified atom stereocenters. The van der Waals surface area contributed by atoms with Gasteiger partial charge in [-0.1, -0.05) is 17.7 Å². The van der Waals surface area contributed by atoms with E-state index in [1.165, 1.54) is 12.1 Å². The summed E-state index contributed by atoms with van der Waals surface area (Å²) in [6.45, 7) is 2.45. The van der Waals surface area contributed by atoms with E-state index < -0.39 is 0 Å². The quantitative estimate of drug-likeness (QED) is 0.596. The zero-order valence-electron chi connectivity index (χ0n) is 17.9. The van der Waals surface area contributed by atoms with Crippen LogP contribution in [0.25, 0.3) is 11.4 Å². The van der Waals surface area contributed by atoms with Gasteiger partial charge in [-0.05, 0) is 50.8 Å². The summed E-state index contributed by atoms with van der Waals surface area (Å²) in [5.41, 5.74) is 2.43. The monoisotopic (exact) mass is 432 g/mol. The van der Waals surface area contributed by atoms with Crippen LogP contribution in [0.3, 0.4) is 0 Å². The first-order chi connectivity index (χ1) is 15.6. The molecule has 1 amide bonds. The van der Waals surface area contributed by atoms with Gasteiger partial charge in [-0.2, -0.15) is 0 Å². The molecule has 4 heterocycles. The van der Waals surface area contributed by atoms with Crippen molar-refractivity contribution in [1.82, 2.24) is 19.9 Å². The van der Waals surface area contributed by atoms with E-state index in [1.54, 1.807) is 18.5 Å². The number of nitrogens with zero attached hydrogens (tertiary/aromatic N) is 4. The van der Waals surface area contributed by atoms with Gasteiger partial charge in [-0.3, -0.25) is 4.79 Å². The van der Waals surface area contributed by atoms with Gasteiger partial charge in [0.25, 0.3) is 5.91 Å². The highest BCUT2D eigenvalue weighted by Gasteiger charge is 2.45. The predicted octanol–water partition coefficient (Wildman–Crippen LogP) is 4.45. The summed E-state index contributed by atoms with van der Waals surface area (Å²) in [5.74, 6) is 0.829. The van der Waals surface area contributed by atoms with Gasteiger partial charge in [-0.25, -0.2) is 19.3 Å². The lowest BCUT2D eigenvalue weighted by atomic mass is 9.89. The van der Waals surface area contributed by atoms with Crippen LogP contribution in [0.1, 0.15) is 41.6 Å². The Morgan fingerprint density at radius 2 is 1.91 bits per heavy atom. The fourth-order valence-electron chi connectivity index (χ4n) is 5.02. The van der Waals surface area contributed by atoms with Crippen molar-refractivity contribution < 1.29 is 13.9 Å². The first-order valence-electron chi connectivity index (χ1n) is 11.0.